The molecule has 1 unspecified atom stereocenters. The van der Waals surface area contributed by atoms with Crippen LogP contribution < -0.4 is 15.2 Å². The zero-order chi connectivity index (χ0) is 17.8. The van der Waals surface area contributed by atoms with E-state index >= 15 is 0 Å². The molecule has 0 aliphatic carbocycles. The number of hydrogen-bond acceptors (Lipinski definition) is 4. The number of nitrogens with two attached hydrogens (primary N) is 1. The van der Waals surface area contributed by atoms with Crippen LogP contribution in [0.4, 0.5) is 0 Å². The molecule has 136 valence electrons. The monoisotopic (exact) mass is 337 g/mol. The van der Waals surface area contributed by atoms with Crippen molar-refractivity contribution in [2.45, 2.75) is 51.9 Å². The van der Waals surface area contributed by atoms with Gasteiger partial charge in [0.25, 0.3) is 0 Å². The summed E-state index contributed by atoms with van der Waals surface area (Å²) in [5, 5.41) is 0. The van der Waals surface area contributed by atoms with Gasteiger partial charge in [0.1, 0.15) is 6.61 Å². The first-order chi connectivity index (χ1) is 11.6. The second-order valence-electron chi connectivity index (χ2n) is 5.76. The van der Waals surface area contributed by atoms with Gasteiger partial charge < -0.3 is 19.9 Å². The average molecular weight is 337 g/mol. The van der Waals surface area contributed by atoms with E-state index in [4.69, 9.17) is 19.9 Å². The van der Waals surface area contributed by atoms with Crippen molar-refractivity contribution in [2.24, 2.45) is 5.73 Å². The molecule has 1 amide bonds. The van der Waals surface area contributed by atoms with Crippen molar-refractivity contribution in [2.75, 3.05) is 26.9 Å². The lowest BCUT2D eigenvalue weighted by Gasteiger charge is -2.17. The predicted octanol–water partition coefficient (Wildman–Crippen LogP) is 3.65. The number of hydrogen-bond donors (Lipinski definition) is 1. The molecule has 0 spiro atoms. The van der Waals surface area contributed by atoms with Gasteiger partial charge in [0.05, 0.1) is 19.6 Å². The zero-order valence-corrected chi connectivity index (χ0v) is 15.2. The van der Waals surface area contributed by atoms with Crippen molar-refractivity contribution in [3.63, 3.8) is 0 Å². The highest BCUT2D eigenvalue weighted by Gasteiger charge is 2.19. The molecule has 5 nitrogen and oxygen atoms in total. The molecule has 0 saturated heterocycles. The molecule has 0 aromatic heterocycles. The van der Waals surface area contributed by atoms with Gasteiger partial charge in [-0.3, -0.25) is 4.79 Å². The highest BCUT2D eigenvalue weighted by atomic mass is 16.5. The van der Waals surface area contributed by atoms with E-state index in [-0.39, 0.29) is 11.8 Å². The molecule has 0 bridgehead atoms. The van der Waals surface area contributed by atoms with E-state index in [1.807, 2.05) is 25.1 Å². The molecule has 5 heteroatoms. The summed E-state index contributed by atoms with van der Waals surface area (Å²) in [4.78, 5) is 11.9. The summed E-state index contributed by atoms with van der Waals surface area (Å²) in [5.41, 5.74) is 6.49. The van der Waals surface area contributed by atoms with Crippen molar-refractivity contribution in [3.8, 4) is 11.5 Å². The summed E-state index contributed by atoms with van der Waals surface area (Å²) in [7, 11) is 1.60. The Balaban J connectivity index is 2.80. The first-order valence-electron chi connectivity index (χ1n) is 8.81. The topological polar surface area (TPSA) is 70.8 Å². The number of methoxy groups -OCH3 is 1. The van der Waals surface area contributed by atoms with Crippen molar-refractivity contribution >= 4 is 5.91 Å². The zero-order valence-electron chi connectivity index (χ0n) is 15.2. The standard InChI is InChI=1S/C19H31NO4/c1-4-6-7-8-9-16(19(20)21)15-10-11-17(22-3)18(14-15)24-13-12-23-5-2/h10-11,14,16H,4-9,12-13H2,1-3H3,(H2,20,21). The van der Waals surface area contributed by atoms with Crippen molar-refractivity contribution in [3.05, 3.63) is 23.8 Å². The average Bonchev–Trinajstić information content (AvgIpc) is 2.58. The van der Waals surface area contributed by atoms with Crippen molar-refractivity contribution in [1.82, 2.24) is 0 Å². The molecule has 24 heavy (non-hydrogen) atoms. The van der Waals surface area contributed by atoms with Crippen LogP contribution in [-0.2, 0) is 9.53 Å². The summed E-state index contributed by atoms with van der Waals surface area (Å²) >= 11 is 0. The molecule has 0 aliphatic heterocycles. The lowest BCUT2D eigenvalue weighted by Crippen LogP contribution is -2.21. The van der Waals surface area contributed by atoms with E-state index < -0.39 is 0 Å². The SMILES string of the molecule is CCCCCCC(C(N)=O)c1ccc(OC)c(OCCOCC)c1. The number of amides is 1. The maximum atomic E-state index is 11.9. The third-order valence-corrected chi connectivity index (χ3v) is 3.97. The van der Waals surface area contributed by atoms with Crippen LogP contribution in [0.25, 0.3) is 0 Å². The first kappa shape index (κ1) is 20.3. The molecule has 0 aliphatic rings. The lowest BCUT2D eigenvalue weighted by atomic mass is 9.92. The summed E-state index contributed by atoms with van der Waals surface area (Å²) in [5.74, 6) is 0.679. The number of carbonyl (C=O) groups is 1. The minimum Gasteiger partial charge on any atom is -0.493 e. The summed E-state index contributed by atoms with van der Waals surface area (Å²) in [6.07, 6.45) is 5.23. The molecule has 0 saturated carbocycles. The highest BCUT2D eigenvalue weighted by Crippen LogP contribution is 2.32. The highest BCUT2D eigenvalue weighted by molar-refractivity contribution is 5.82. The maximum absolute atomic E-state index is 11.9. The van der Waals surface area contributed by atoms with Gasteiger partial charge in [0.2, 0.25) is 5.91 Å². The normalized spacial score (nSPS) is 12.0. The summed E-state index contributed by atoms with van der Waals surface area (Å²) < 4.78 is 16.4. The number of rotatable bonds is 13. The summed E-state index contributed by atoms with van der Waals surface area (Å²) in [6.45, 7) is 5.71. The van der Waals surface area contributed by atoms with Crippen LogP contribution in [0.15, 0.2) is 18.2 Å². The molecule has 1 atom stereocenters. The van der Waals surface area contributed by atoms with Crippen LogP contribution in [-0.4, -0.2) is 32.8 Å². The summed E-state index contributed by atoms with van der Waals surface area (Å²) in [6, 6.07) is 5.58. The van der Waals surface area contributed by atoms with E-state index in [9.17, 15) is 4.79 Å². The Morgan fingerprint density at radius 2 is 1.92 bits per heavy atom. The molecule has 1 rings (SSSR count). The smallest absolute Gasteiger partial charge is 0.224 e. The van der Waals surface area contributed by atoms with Crippen LogP contribution in [0.5, 0.6) is 11.5 Å². The molecular weight excluding hydrogens is 306 g/mol. The van der Waals surface area contributed by atoms with Crippen molar-refractivity contribution in [1.29, 1.82) is 0 Å². The van der Waals surface area contributed by atoms with Gasteiger partial charge in [0, 0.05) is 6.61 Å². The molecule has 0 radical (unpaired) electrons. The Bertz CT molecular complexity index is 490. The minimum atomic E-state index is -0.295. The van der Waals surface area contributed by atoms with Crippen LogP contribution in [0, 0.1) is 0 Å². The lowest BCUT2D eigenvalue weighted by molar-refractivity contribution is -0.119. The Labute approximate surface area is 145 Å². The van der Waals surface area contributed by atoms with Gasteiger partial charge in [-0.15, -0.1) is 0 Å². The third-order valence-electron chi connectivity index (χ3n) is 3.97. The van der Waals surface area contributed by atoms with Crippen LogP contribution in [0.3, 0.4) is 0 Å². The Morgan fingerprint density at radius 3 is 2.54 bits per heavy atom. The van der Waals surface area contributed by atoms with Crippen LogP contribution in [0.1, 0.15) is 57.4 Å². The van der Waals surface area contributed by atoms with Crippen LogP contribution >= 0.6 is 0 Å². The van der Waals surface area contributed by atoms with Gasteiger partial charge in [-0.2, -0.15) is 0 Å². The second-order valence-corrected chi connectivity index (χ2v) is 5.76. The van der Waals surface area contributed by atoms with E-state index in [1.54, 1.807) is 7.11 Å². The number of unbranched alkanes of at least 4 members (excludes halogenated alkanes) is 3. The maximum Gasteiger partial charge on any atom is 0.224 e. The van der Waals surface area contributed by atoms with Gasteiger partial charge in [-0.25, -0.2) is 0 Å². The van der Waals surface area contributed by atoms with Crippen molar-refractivity contribution < 1.29 is 19.0 Å². The van der Waals surface area contributed by atoms with E-state index in [0.29, 0.717) is 31.3 Å². The molecule has 1 aromatic rings. The Morgan fingerprint density at radius 1 is 1.12 bits per heavy atom. The Hall–Kier alpha value is -1.75. The predicted molar refractivity (Wildman–Crippen MR) is 95.7 cm³/mol. The van der Waals surface area contributed by atoms with E-state index in [1.165, 1.54) is 12.8 Å². The molecule has 1 aromatic carbocycles. The fraction of sp³-hybridized carbons (Fsp3) is 0.632. The van der Waals surface area contributed by atoms with Gasteiger partial charge in [-0.1, -0.05) is 38.7 Å². The Kier molecular flexibility index (Phi) is 9.92. The van der Waals surface area contributed by atoms with Crippen LogP contribution in [0.2, 0.25) is 0 Å². The molecule has 0 heterocycles. The van der Waals surface area contributed by atoms with E-state index in [0.717, 1.165) is 24.8 Å². The fourth-order valence-corrected chi connectivity index (χ4v) is 2.63. The molecule has 2 N–H and O–H groups in total. The number of ether oxygens (including phenoxy) is 3. The van der Waals surface area contributed by atoms with E-state index in [2.05, 4.69) is 6.92 Å². The third kappa shape index (κ3) is 6.79. The van der Waals surface area contributed by atoms with Gasteiger partial charge in [0.15, 0.2) is 11.5 Å². The van der Waals surface area contributed by atoms with Gasteiger partial charge >= 0.3 is 0 Å². The number of primary amides is 1. The fourth-order valence-electron chi connectivity index (χ4n) is 2.63. The number of benzene rings is 1. The quantitative estimate of drug-likeness (QED) is 0.558. The second kappa shape index (κ2) is 11.7. The van der Waals surface area contributed by atoms with Gasteiger partial charge in [-0.05, 0) is 31.0 Å². The minimum absolute atomic E-state index is 0.290. The largest absolute Gasteiger partial charge is 0.493 e. The first-order valence-corrected chi connectivity index (χ1v) is 8.81. The number of carbonyl (C=O) groups excluding carboxylic acids is 1. The molecule has 0 fully saturated rings. The molecular formula is C19H31NO4.